The lowest BCUT2D eigenvalue weighted by molar-refractivity contribution is -0.385. The van der Waals surface area contributed by atoms with Crippen molar-refractivity contribution in [3.05, 3.63) is 39.7 Å². The van der Waals surface area contributed by atoms with E-state index in [1.165, 1.54) is 0 Å². The fraction of sp³-hybridized carbons (Fsp3) is 0.400. The number of aliphatic hydroxyl groups is 1. The van der Waals surface area contributed by atoms with E-state index < -0.39 is 16.2 Å². The molecule has 0 aromatic heterocycles. The van der Waals surface area contributed by atoms with Crippen molar-refractivity contribution in [2.24, 2.45) is 0 Å². The minimum Gasteiger partial charge on any atom is -0.395 e. The molecule has 5 heteroatoms. The van der Waals surface area contributed by atoms with Crippen LogP contribution in [0.15, 0.2) is 18.2 Å². The van der Waals surface area contributed by atoms with Crippen LogP contribution in [-0.4, -0.2) is 16.6 Å². The van der Waals surface area contributed by atoms with Crippen molar-refractivity contribution in [3.8, 4) is 0 Å². The molecule has 0 heterocycles. The third-order valence-electron chi connectivity index (χ3n) is 2.88. The van der Waals surface area contributed by atoms with Crippen molar-refractivity contribution in [1.29, 1.82) is 0 Å². The van der Waals surface area contributed by atoms with Gasteiger partial charge < -0.3 is 5.11 Å². The molecule has 0 atom stereocenters. The summed E-state index contributed by atoms with van der Waals surface area (Å²) in [6, 6.07) is 3.37. The van der Waals surface area contributed by atoms with Crippen LogP contribution in [0.4, 0.5) is 10.1 Å². The molecule has 4 nitrogen and oxygen atoms in total. The number of hydrogen-bond acceptors (Lipinski definition) is 3. The Kier molecular flexibility index (Phi) is 2.19. The summed E-state index contributed by atoms with van der Waals surface area (Å²) in [7, 11) is 0. The second-order valence-corrected chi connectivity index (χ2v) is 3.86. The summed E-state index contributed by atoms with van der Waals surface area (Å²) in [5.41, 5.74) is -0.372. The van der Waals surface area contributed by atoms with Crippen LogP contribution >= 0.6 is 0 Å². The summed E-state index contributed by atoms with van der Waals surface area (Å²) in [6.07, 6.45) is 1.35. The number of nitro benzene ring substituents is 1. The predicted octanol–water partition coefficient (Wildman–Crippen LogP) is 1.76. The van der Waals surface area contributed by atoms with Crippen molar-refractivity contribution in [3.63, 3.8) is 0 Å². The molecule has 1 aromatic rings. The lowest BCUT2D eigenvalue weighted by Crippen LogP contribution is -2.14. The highest BCUT2D eigenvalue weighted by Crippen LogP contribution is 2.50. The maximum Gasteiger partial charge on any atom is 0.273 e. The third kappa shape index (κ3) is 1.59. The largest absolute Gasteiger partial charge is 0.395 e. The second kappa shape index (κ2) is 3.27. The van der Waals surface area contributed by atoms with E-state index in [0.717, 1.165) is 18.2 Å². The van der Waals surface area contributed by atoms with E-state index in [9.17, 15) is 14.5 Å². The standard InChI is InChI=1S/C10H10FNO3/c11-7-1-2-9(12(14)15)8(5-7)10(6-13)3-4-10/h1-2,5,13H,3-4,6H2. The average molecular weight is 211 g/mol. The normalized spacial score (nSPS) is 17.5. The van der Waals surface area contributed by atoms with Gasteiger partial charge in [0.05, 0.1) is 11.5 Å². The van der Waals surface area contributed by atoms with Gasteiger partial charge in [-0.05, 0) is 25.0 Å². The topological polar surface area (TPSA) is 63.4 Å². The molecule has 1 aliphatic carbocycles. The molecule has 1 fully saturated rings. The van der Waals surface area contributed by atoms with Crippen molar-refractivity contribution in [2.45, 2.75) is 18.3 Å². The maximum absolute atomic E-state index is 13.0. The fourth-order valence-electron chi connectivity index (χ4n) is 1.76. The van der Waals surface area contributed by atoms with Crippen molar-refractivity contribution in [2.75, 3.05) is 6.61 Å². The number of benzene rings is 1. The van der Waals surface area contributed by atoms with Crippen LogP contribution in [0.2, 0.25) is 0 Å². The smallest absolute Gasteiger partial charge is 0.273 e. The average Bonchev–Trinajstić information content (AvgIpc) is 2.97. The molecule has 1 aromatic carbocycles. The molecule has 0 aliphatic heterocycles. The molecule has 0 unspecified atom stereocenters. The monoisotopic (exact) mass is 211 g/mol. The van der Waals surface area contributed by atoms with Crippen LogP contribution in [0.25, 0.3) is 0 Å². The quantitative estimate of drug-likeness (QED) is 0.612. The zero-order valence-corrected chi connectivity index (χ0v) is 7.94. The van der Waals surface area contributed by atoms with Gasteiger partial charge in [0, 0.05) is 17.0 Å². The Morgan fingerprint density at radius 1 is 1.53 bits per heavy atom. The summed E-state index contributed by atoms with van der Waals surface area (Å²) in [6.45, 7) is -0.169. The Morgan fingerprint density at radius 3 is 2.67 bits per heavy atom. The van der Waals surface area contributed by atoms with Crippen LogP contribution in [-0.2, 0) is 5.41 Å². The SMILES string of the molecule is O=[N+]([O-])c1ccc(F)cc1C1(CO)CC1. The number of aliphatic hydroxyl groups excluding tert-OH is 1. The molecule has 1 N–H and O–H groups in total. The molecule has 80 valence electrons. The highest BCUT2D eigenvalue weighted by atomic mass is 19.1. The van der Waals surface area contributed by atoms with Gasteiger partial charge in [0.15, 0.2) is 0 Å². The Hall–Kier alpha value is -1.49. The van der Waals surface area contributed by atoms with Gasteiger partial charge in [0.25, 0.3) is 5.69 Å². The summed E-state index contributed by atoms with van der Waals surface area (Å²) in [5, 5.41) is 19.9. The van der Waals surface area contributed by atoms with Gasteiger partial charge in [0.1, 0.15) is 5.82 Å². The molecule has 1 saturated carbocycles. The van der Waals surface area contributed by atoms with Gasteiger partial charge in [-0.2, -0.15) is 0 Å². The summed E-state index contributed by atoms with van der Waals surface area (Å²) < 4.78 is 13.0. The summed E-state index contributed by atoms with van der Waals surface area (Å²) >= 11 is 0. The number of halogens is 1. The van der Waals surface area contributed by atoms with Crippen LogP contribution in [0.5, 0.6) is 0 Å². The molecule has 0 amide bonds. The van der Waals surface area contributed by atoms with Crippen molar-refractivity contribution >= 4 is 5.69 Å². The Labute approximate surface area is 85.5 Å². The van der Waals surface area contributed by atoms with Gasteiger partial charge >= 0.3 is 0 Å². The number of nitro groups is 1. The summed E-state index contributed by atoms with van der Waals surface area (Å²) in [5.74, 6) is -0.504. The van der Waals surface area contributed by atoms with Crippen molar-refractivity contribution < 1.29 is 14.4 Å². The van der Waals surface area contributed by atoms with Crippen LogP contribution in [0, 0.1) is 15.9 Å². The van der Waals surface area contributed by atoms with E-state index in [2.05, 4.69) is 0 Å². The number of rotatable bonds is 3. The molecule has 0 radical (unpaired) electrons. The lowest BCUT2D eigenvalue weighted by atomic mass is 9.95. The number of nitrogens with zero attached hydrogens (tertiary/aromatic N) is 1. The molecular formula is C10H10FNO3. The predicted molar refractivity (Wildman–Crippen MR) is 51.1 cm³/mol. The van der Waals surface area contributed by atoms with Gasteiger partial charge in [-0.25, -0.2) is 4.39 Å². The molecular weight excluding hydrogens is 201 g/mol. The van der Waals surface area contributed by atoms with E-state index in [1.54, 1.807) is 0 Å². The van der Waals surface area contributed by atoms with E-state index in [1.807, 2.05) is 0 Å². The van der Waals surface area contributed by atoms with Crippen molar-refractivity contribution in [1.82, 2.24) is 0 Å². The van der Waals surface area contributed by atoms with Gasteiger partial charge in [-0.3, -0.25) is 10.1 Å². The fourth-order valence-corrected chi connectivity index (χ4v) is 1.76. The highest BCUT2D eigenvalue weighted by molar-refractivity contribution is 5.48. The van der Waals surface area contributed by atoms with Gasteiger partial charge in [-0.1, -0.05) is 0 Å². The third-order valence-corrected chi connectivity index (χ3v) is 2.88. The first-order valence-corrected chi connectivity index (χ1v) is 4.64. The Bertz CT molecular complexity index is 415. The lowest BCUT2D eigenvalue weighted by Gasteiger charge is -2.12. The summed E-state index contributed by atoms with van der Waals surface area (Å²) in [4.78, 5) is 10.2. The van der Waals surface area contributed by atoms with Crippen LogP contribution < -0.4 is 0 Å². The minimum absolute atomic E-state index is 0.108. The first kappa shape index (κ1) is 10.0. The molecule has 1 aliphatic rings. The van der Waals surface area contributed by atoms with E-state index in [0.29, 0.717) is 18.4 Å². The van der Waals surface area contributed by atoms with E-state index in [4.69, 9.17) is 5.11 Å². The van der Waals surface area contributed by atoms with Crippen LogP contribution in [0.3, 0.4) is 0 Å². The molecule has 0 saturated heterocycles. The highest BCUT2D eigenvalue weighted by Gasteiger charge is 2.47. The molecule has 2 rings (SSSR count). The zero-order valence-electron chi connectivity index (χ0n) is 7.94. The first-order valence-electron chi connectivity index (χ1n) is 4.64. The van der Waals surface area contributed by atoms with Gasteiger partial charge in [-0.15, -0.1) is 0 Å². The Balaban J connectivity index is 2.53. The van der Waals surface area contributed by atoms with E-state index >= 15 is 0 Å². The van der Waals surface area contributed by atoms with Crippen LogP contribution in [0.1, 0.15) is 18.4 Å². The Morgan fingerprint density at radius 2 is 2.20 bits per heavy atom. The zero-order chi connectivity index (χ0) is 11.1. The minimum atomic E-state index is -0.579. The number of hydrogen-bond donors (Lipinski definition) is 1. The van der Waals surface area contributed by atoms with E-state index in [-0.39, 0.29) is 12.3 Å². The second-order valence-electron chi connectivity index (χ2n) is 3.86. The molecule has 0 bridgehead atoms. The maximum atomic E-state index is 13.0. The molecule has 15 heavy (non-hydrogen) atoms. The molecule has 0 spiro atoms. The first-order chi connectivity index (χ1) is 7.09. The van der Waals surface area contributed by atoms with Gasteiger partial charge in [0.2, 0.25) is 0 Å².